The second kappa shape index (κ2) is 10.5. The van der Waals surface area contributed by atoms with Crippen LogP contribution in [-0.4, -0.2) is 78.5 Å². The van der Waals surface area contributed by atoms with Gasteiger partial charge in [0.1, 0.15) is 18.5 Å². The smallest absolute Gasteiger partial charge is 0.247 e. The summed E-state index contributed by atoms with van der Waals surface area (Å²) in [4.78, 5) is 40.3. The van der Waals surface area contributed by atoms with Gasteiger partial charge in [0.2, 0.25) is 18.6 Å². The van der Waals surface area contributed by atoms with Crippen molar-refractivity contribution >= 4 is 18.1 Å². The highest BCUT2D eigenvalue weighted by molar-refractivity contribution is 5.96. The van der Waals surface area contributed by atoms with Gasteiger partial charge in [0.15, 0.2) is 23.0 Å². The number of rotatable bonds is 9. The van der Waals surface area contributed by atoms with E-state index in [1.165, 1.54) is 13.2 Å². The van der Waals surface area contributed by atoms with Crippen LogP contribution >= 0.6 is 0 Å². The van der Waals surface area contributed by atoms with E-state index in [1.54, 1.807) is 29.2 Å². The van der Waals surface area contributed by atoms with Gasteiger partial charge in [-0.15, -0.1) is 0 Å². The van der Waals surface area contributed by atoms with E-state index in [-0.39, 0.29) is 43.9 Å². The number of hydrogen-bond donors (Lipinski definition) is 3. The van der Waals surface area contributed by atoms with Crippen LogP contribution in [0.5, 0.6) is 23.0 Å². The zero-order valence-electron chi connectivity index (χ0n) is 21.9. The molecule has 2 amide bonds. The van der Waals surface area contributed by atoms with Gasteiger partial charge in [-0.2, -0.15) is 0 Å². The normalized spacial score (nSPS) is 23.8. The summed E-state index contributed by atoms with van der Waals surface area (Å²) in [5, 5.41) is 23.8. The third kappa shape index (κ3) is 4.54. The molecule has 1 saturated carbocycles. The predicted octanol–water partition coefficient (Wildman–Crippen LogP) is 1.30. The van der Waals surface area contributed by atoms with Crippen LogP contribution in [0.1, 0.15) is 40.2 Å². The number of methoxy groups -OCH3 is 1. The maximum absolute atomic E-state index is 13.6. The van der Waals surface area contributed by atoms with Crippen molar-refractivity contribution in [3.63, 3.8) is 0 Å². The number of nitrogens with zero attached hydrogens (tertiary/aromatic N) is 1. The molecule has 11 heteroatoms. The lowest BCUT2D eigenvalue weighted by Gasteiger charge is -2.41. The average molecular weight is 551 g/mol. The number of hydrogen-bond acceptors (Lipinski definition) is 9. The molecule has 2 heterocycles. The van der Waals surface area contributed by atoms with Crippen LogP contribution in [-0.2, 0) is 16.1 Å². The Bertz CT molecular complexity index is 1390. The lowest BCUT2D eigenvalue weighted by atomic mass is 9.77. The van der Waals surface area contributed by atoms with E-state index in [2.05, 4.69) is 5.32 Å². The number of nitrogens with one attached hydrogen (secondary N) is 1. The lowest BCUT2D eigenvalue weighted by Crippen LogP contribution is -2.55. The van der Waals surface area contributed by atoms with Crippen molar-refractivity contribution in [3.05, 3.63) is 58.7 Å². The first-order valence-corrected chi connectivity index (χ1v) is 13.2. The van der Waals surface area contributed by atoms with E-state index < -0.39 is 30.1 Å². The minimum atomic E-state index is -1.20. The Labute approximate surface area is 230 Å². The topological polar surface area (TPSA) is 144 Å². The van der Waals surface area contributed by atoms with E-state index in [1.807, 2.05) is 6.07 Å². The van der Waals surface area contributed by atoms with Gasteiger partial charge in [0, 0.05) is 35.7 Å². The van der Waals surface area contributed by atoms with Crippen molar-refractivity contribution in [3.8, 4) is 23.0 Å². The number of fused-ring (bicyclic) bond motifs is 4. The van der Waals surface area contributed by atoms with Crippen LogP contribution in [0.15, 0.2) is 42.0 Å². The van der Waals surface area contributed by atoms with Crippen molar-refractivity contribution in [1.82, 2.24) is 10.2 Å². The number of aliphatic hydroxyl groups is 2. The van der Waals surface area contributed by atoms with E-state index in [9.17, 15) is 24.6 Å². The molecule has 2 aromatic carbocycles. The monoisotopic (exact) mass is 550 g/mol. The summed E-state index contributed by atoms with van der Waals surface area (Å²) in [5.41, 5.74) is 1.92. The standard InChI is InChI=1S/C29H30N2O9/c1-37-23-10-16(13-33)8-18-24-19(28(35)30-6-7-32)11-20(25(34)27(24)40-26(18)23)31(29(36)17-3-4-17)12-15-2-5-21-22(9-15)39-14-38-21/h2,5,8-11,13,17,20,24-25,27,32,34H,3-4,6-7,12,14H2,1H3,(H,30,35)/t20-,24+,25+,27+/m1/s1. The molecule has 2 aliphatic heterocycles. The first kappa shape index (κ1) is 26.1. The molecular weight excluding hydrogens is 520 g/mol. The Kier molecular flexibility index (Phi) is 6.85. The molecule has 4 atom stereocenters. The first-order chi connectivity index (χ1) is 19.4. The van der Waals surface area contributed by atoms with Gasteiger partial charge in [-0.25, -0.2) is 0 Å². The average Bonchev–Trinajstić information content (AvgIpc) is 3.59. The molecule has 0 aromatic heterocycles. The highest BCUT2D eigenvalue weighted by Gasteiger charge is 2.52. The minimum Gasteiger partial charge on any atom is -0.493 e. The summed E-state index contributed by atoms with van der Waals surface area (Å²) >= 11 is 0. The number of benzene rings is 2. The van der Waals surface area contributed by atoms with Crippen LogP contribution in [0, 0.1) is 5.92 Å². The van der Waals surface area contributed by atoms with E-state index in [4.69, 9.17) is 18.9 Å². The predicted molar refractivity (Wildman–Crippen MR) is 139 cm³/mol. The molecule has 3 N–H and O–H groups in total. The van der Waals surface area contributed by atoms with Crippen LogP contribution in [0.2, 0.25) is 0 Å². The highest BCUT2D eigenvalue weighted by Crippen LogP contribution is 2.51. The summed E-state index contributed by atoms with van der Waals surface area (Å²) in [6, 6.07) is 7.69. The van der Waals surface area contributed by atoms with Crippen molar-refractivity contribution in [2.75, 3.05) is 27.1 Å². The van der Waals surface area contributed by atoms with E-state index in [0.29, 0.717) is 40.4 Å². The maximum atomic E-state index is 13.6. The fourth-order valence-corrected chi connectivity index (χ4v) is 5.69. The summed E-state index contributed by atoms with van der Waals surface area (Å²) in [6.45, 7) is 0.0503. The summed E-state index contributed by atoms with van der Waals surface area (Å²) in [6.07, 6.45) is 1.67. The Balaban J connectivity index is 1.42. The number of amides is 2. The summed E-state index contributed by atoms with van der Waals surface area (Å²) in [7, 11) is 1.45. The summed E-state index contributed by atoms with van der Waals surface area (Å²) < 4.78 is 22.6. The number of aldehydes is 1. The Morgan fingerprint density at radius 1 is 1.18 bits per heavy atom. The fourth-order valence-electron chi connectivity index (χ4n) is 5.69. The third-order valence-electron chi connectivity index (χ3n) is 7.77. The first-order valence-electron chi connectivity index (χ1n) is 13.2. The number of carbonyl (C=O) groups is 3. The molecule has 0 unspecified atom stereocenters. The van der Waals surface area contributed by atoms with Gasteiger partial charge >= 0.3 is 0 Å². The largest absolute Gasteiger partial charge is 0.493 e. The van der Waals surface area contributed by atoms with Gasteiger partial charge in [-0.05, 0) is 48.7 Å². The van der Waals surface area contributed by atoms with E-state index in [0.717, 1.165) is 18.4 Å². The zero-order chi connectivity index (χ0) is 28.0. The van der Waals surface area contributed by atoms with Crippen LogP contribution in [0.3, 0.4) is 0 Å². The molecule has 0 bridgehead atoms. The SMILES string of the molecule is COc1cc(C=O)cc2c1O[C@@H]1[C@@H](O)[C@H](N(Cc3ccc4c(c3)OCO4)C(=O)C3CC3)C=C(C(=O)NCCO)[C@H]21. The van der Waals surface area contributed by atoms with Gasteiger partial charge in [-0.1, -0.05) is 6.07 Å². The molecule has 2 aromatic rings. The minimum absolute atomic E-state index is 0.0219. The maximum Gasteiger partial charge on any atom is 0.247 e. The fraction of sp³-hybridized carbons (Fsp3) is 0.414. The second-order valence-corrected chi connectivity index (χ2v) is 10.3. The molecule has 0 spiro atoms. The quantitative estimate of drug-likeness (QED) is 0.394. The lowest BCUT2D eigenvalue weighted by molar-refractivity contribution is -0.139. The Hall–Kier alpha value is -4.09. The molecule has 11 nitrogen and oxygen atoms in total. The van der Waals surface area contributed by atoms with Crippen LogP contribution in [0.4, 0.5) is 0 Å². The zero-order valence-corrected chi connectivity index (χ0v) is 21.9. The van der Waals surface area contributed by atoms with E-state index >= 15 is 0 Å². The van der Waals surface area contributed by atoms with Crippen molar-refractivity contribution < 1.29 is 43.5 Å². The molecule has 2 aliphatic carbocycles. The third-order valence-corrected chi connectivity index (χ3v) is 7.77. The molecule has 0 saturated heterocycles. The van der Waals surface area contributed by atoms with Gasteiger partial charge in [-0.3, -0.25) is 14.4 Å². The highest BCUT2D eigenvalue weighted by atomic mass is 16.7. The molecule has 4 aliphatic rings. The molecule has 0 radical (unpaired) electrons. The van der Waals surface area contributed by atoms with Crippen molar-refractivity contribution in [2.45, 2.75) is 43.6 Å². The second-order valence-electron chi connectivity index (χ2n) is 10.3. The number of aliphatic hydroxyl groups excluding tert-OH is 2. The summed E-state index contributed by atoms with van der Waals surface area (Å²) in [5.74, 6) is 0.366. The Morgan fingerprint density at radius 3 is 2.70 bits per heavy atom. The van der Waals surface area contributed by atoms with Gasteiger partial charge in [0.05, 0.1) is 25.7 Å². The molecule has 1 fully saturated rings. The van der Waals surface area contributed by atoms with Crippen LogP contribution < -0.4 is 24.3 Å². The van der Waals surface area contributed by atoms with Crippen molar-refractivity contribution in [2.24, 2.45) is 5.92 Å². The Morgan fingerprint density at radius 2 is 1.98 bits per heavy atom. The van der Waals surface area contributed by atoms with Gasteiger partial charge in [0.25, 0.3) is 0 Å². The number of carbonyl (C=O) groups excluding carboxylic acids is 3. The van der Waals surface area contributed by atoms with Crippen molar-refractivity contribution in [1.29, 1.82) is 0 Å². The van der Waals surface area contributed by atoms with Gasteiger partial charge < -0.3 is 39.4 Å². The molecular formula is C29H30N2O9. The molecule has 210 valence electrons. The van der Waals surface area contributed by atoms with Crippen LogP contribution in [0.25, 0.3) is 0 Å². The molecule has 40 heavy (non-hydrogen) atoms. The number of ether oxygens (including phenoxy) is 4. The molecule has 6 rings (SSSR count).